The van der Waals surface area contributed by atoms with Crippen molar-refractivity contribution >= 4 is 44.2 Å². The zero-order valence-corrected chi connectivity index (χ0v) is 19.6. The Bertz CT molecular complexity index is 1590. The first kappa shape index (κ1) is 22.1. The van der Waals surface area contributed by atoms with Crippen molar-refractivity contribution in [2.45, 2.75) is 9.79 Å². The normalized spacial score (nSPS) is 14.7. The molecule has 0 amide bonds. The van der Waals surface area contributed by atoms with Crippen molar-refractivity contribution in [1.29, 1.82) is 0 Å². The van der Waals surface area contributed by atoms with E-state index in [1.54, 1.807) is 42.6 Å². The summed E-state index contributed by atoms with van der Waals surface area (Å²) in [5.74, 6) is 0.358. The number of thioether (sulfide) groups is 1. The third kappa shape index (κ3) is 4.13. The van der Waals surface area contributed by atoms with E-state index >= 15 is 0 Å². The maximum absolute atomic E-state index is 13.3. The molecule has 0 radical (unpaired) electrons. The van der Waals surface area contributed by atoms with Crippen LogP contribution in [0.2, 0.25) is 0 Å². The number of ketones is 1. The molecular formula is C26H18N2O4S2. The van der Waals surface area contributed by atoms with Crippen LogP contribution in [0.4, 0.5) is 0 Å². The van der Waals surface area contributed by atoms with Crippen LogP contribution in [0.5, 0.6) is 5.75 Å². The Kier molecular flexibility index (Phi) is 5.77. The molecule has 4 aromatic rings. The number of fused-ring (bicyclic) bond motifs is 2. The van der Waals surface area contributed by atoms with E-state index in [0.717, 1.165) is 15.8 Å². The van der Waals surface area contributed by atoms with Gasteiger partial charge in [-0.1, -0.05) is 54.2 Å². The van der Waals surface area contributed by atoms with Gasteiger partial charge in [-0.15, -0.1) is 0 Å². The second-order valence-corrected chi connectivity index (χ2v) is 10.1. The zero-order chi connectivity index (χ0) is 23.7. The number of rotatable bonds is 5. The van der Waals surface area contributed by atoms with Crippen molar-refractivity contribution in [2.24, 2.45) is 4.40 Å². The lowest BCUT2D eigenvalue weighted by molar-refractivity contribution is 0.104. The van der Waals surface area contributed by atoms with Gasteiger partial charge in [0.15, 0.2) is 5.78 Å². The summed E-state index contributed by atoms with van der Waals surface area (Å²) in [6.45, 7) is 0. The van der Waals surface area contributed by atoms with Gasteiger partial charge >= 0.3 is 0 Å². The SMILES string of the molecule is COc1ccc(S(=O)(=O)N=C2C=C(Sc3cccc4cccnc34)C(=O)c3ccccc32)cc1. The first-order chi connectivity index (χ1) is 16.5. The molecule has 6 nitrogen and oxygen atoms in total. The molecule has 0 bridgehead atoms. The van der Waals surface area contributed by atoms with Crippen LogP contribution in [0.1, 0.15) is 15.9 Å². The summed E-state index contributed by atoms with van der Waals surface area (Å²) >= 11 is 1.25. The van der Waals surface area contributed by atoms with Gasteiger partial charge in [-0.05, 0) is 42.5 Å². The number of hydrogen-bond donors (Lipinski definition) is 0. The van der Waals surface area contributed by atoms with Gasteiger partial charge in [-0.2, -0.15) is 12.8 Å². The Morgan fingerprint density at radius 3 is 2.38 bits per heavy atom. The van der Waals surface area contributed by atoms with E-state index in [9.17, 15) is 13.2 Å². The average molecular weight is 487 g/mol. The van der Waals surface area contributed by atoms with Crippen LogP contribution in [-0.2, 0) is 10.0 Å². The Morgan fingerprint density at radius 1 is 0.882 bits per heavy atom. The van der Waals surface area contributed by atoms with Crippen molar-refractivity contribution < 1.29 is 17.9 Å². The first-order valence-electron chi connectivity index (χ1n) is 10.3. The molecule has 34 heavy (non-hydrogen) atoms. The summed E-state index contributed by atoms with van der Waals surface area (Å²) in [7, 11) is -2.51. The number of ether oxygens (including phenoxy) is 1. The molecule has 0 aliphatic heterocycles. The van der Waals surface area contributed by atoms with E-state index in [0.29, 0.717) is 21.8 Å². The van der Waals surface area contributed by atoms with Crippen molar-refractivity contribution in [3.05, 3.63) is 107 Å². The first-order valence-corrected chi connectivity index (χ1v) is 12.6. The quantitative estimate of drug-likeness (QED) is 0.381. The second kappa shape index (κ2) is 8.89. The number of aromatic nitrogens is 1. The van der Waals surface area contributed by atoms with Gasteiger partial charge in [-0.3, -0.25) is 9.78 Å². The second-order valence-electron chi connectivity index (χ2n) is 7.44. The summed E-state index contributed by atoms with van der Waals surface area (Å²) in [5, 5.41) is 0.952. The molecule has 1 heterocycles. The number of nitrogens with zero attached hydrogens (tertiary/aromatic N) is 2. The van der Waals surface area contributed by atoms with E-state index in [2.05, 4.69) is 9.38 Å². The Labute approximate surface area is 201 Å². The molecule has 0 atom stereocenters. The number of carbonyl (C=O) groups is 1. The summed E-state index contributed by atoms with van der Waals surface area (Å²) in [5.41, 5.74) is 1.86. The Hall–Kier alpha value is -3.75. The van der Waals surface area contributed by atoms with E-state index in [4.69, 9.17) is 4.74 Å². The number of carbonyl (C=O) groups excluding carboxylic acids is 1. The fourth-order valence-corrected chi connectivity index (χ4v) is 5.68. The van der Waals surface area contributed by atoms with Gasteiger partial charge in [0, 0.05) is 27.6 Å². The maximum Gasteiger partial charge on any atom is 0.282 e. The summed E-state index contributed by atoms with van der Waals surface area (Å²) in [6.07, 6.45) is 3.24. The van der Waals surface area contributed by atoms with Crippen LogP contribution in [0.3, 0.4) is 0 Å². The van der Waals surface area contributed by atoms with E-state index in [1.165, 1.54) is 37.1 Å². The molecule has 168 valence electrons. The fraction of sp³-hybridized carbons (Fsp3) is 0.0385. The van der Waals surface area contributed by atoms with Gasteiger partial charge < -0.3 is 4.74 Å². The van der Waals surface area contributed by atoms with Crippen molar-refractivity contribution in [3.8, 4) is 5.75 Å². The molecule has 5 rings (SSSR count). The largest absolute Gasteiger partial charge is 0.497 e. The van der Waals surface area contributed by atoms with E-state index in [-0.39, 0.29) is 16.4 Å². The minimum Gasteiger partial charge on any atom is -0.497 e. The lowest BCUT2D eigenvalue weighted by Gasteiger charge is -2.17. The highest BCUT2D eigenvalue weighted by Crippen LogP contribution is 2.37. The van der Waals surface area contributed by atoms with Gasteiger partial charge in [0.2, 0.25) is 0 Å². The number of hydrogen-bond acceptors (Lipinski definition) is 6. The number of methoxy groups -OCH3 is 1. The molecule has 1 aliphatic carbocycles. The summed E-state index contributed by atoms with van der Waals surface area (Å²) < 4.78 is 35.4. The molecule has 3 aromatic carbocycles. The fourth-order valence-electron chi connectivity index (χ4n) is 3.66. The molecule has 0 N–H and O–H groups in total. The number of allylic oxidation sites excluding steroid dienone is 2. The lowest BCUT2D eigenvalue weighted by Crippen LogP contribution is -2.17. The number of benzene rings is 3. The minimum atomic E-state index is -4.02. The predicted molar refractivity (Wildman–Crippen MR) is 133 cm³/mol. The molecule has 8 heteroatoms. The van der Waals surface area contributed by atoms with Crippen molar-refractivity contribution in [2.75, 3.05) is 7.11 Å². The van der Waals surface area contributed by atoms with Crippen LogP contribution < -0.4 is 4.74 Å². The molecule has 1 aromatic heterocycles. The van der Waals surface area contributed by atoms with Crippen LogP contribution in [0.25, 0.3) is 10.9 Å². The topological polar surface area (TPSA) is 85.7 Å². The van der Waals surface area contributed by atoms with Gasteiger partial charge in [-0.25, -0.2) is 0 Å². The highest BCUT2D eigenvalue weighted by molar-refractivity contribution is 8.04. The third-order valence-corrected chi connectivity index (χ3v) is 7.71. The highest BCUT2D eigenvalue weighted by atomic mass is 32.2. The minimum absolute atomic E-state index is 0.0380. The molecule has 0 saturated heterocycles. The van der Waals surface area contributed by atoms with E-state index < -0.39 is 10.0 Å². The monoisotopic (exact) mass is 486 g/mol. The smallest absolute Gasteiger partial charge is 0.282 e. The van der Waals surface area contributed by atoms with Crippen LogP contribution >= 0.6 is 11.8 Å². The van der Waals surface area contributed by atoms with Crippen LogP contribution in [-0.4, -0.2) is 32.0 Å². The third-order valence-electron chi connectivity index (χ3n) is 5.33. The standard InChI is InChI=1S/C26H18N2O4S2/c1-32-18-11-13-19(14-12-18)34(30,31)28-22-16-24(26(29)21-9-3-2-8-20(21)22)33-23-10-4-6-17-7-5-15-27-25(17)23/h2-16H,1H3. The van der Waals surface area contributed by atoms with Gasteiger partial charge in [0.25, 0.3) is 10.0 Å². The molecule has 0 saturated carbocycles. The van der Waals surface area contributed by atoms with E-state index in [1.807, 2.05) is 30.3 Å². The Balaban J connectivity index is 1.61. The zero-order valence-electron chi connectivity index (χ0n) is 18.0. The van der Waals surface area contributed by atoms with Crippen LogP contribution in [0, 0.1) is 0 Å². The van der Waals surface area contributed by atoms with Gasteiger partial charge in [0.1, 0.15) is 5.75 Å². The molecule has 0 spiro atoms. The number of pyridine rings is 1. The average Bonchev–Trinajstić information content (AvgIpc) is 2.87. The molecular weight excluding hydrogens is 468 g/mol. The van der Waals surface area contributed by atoms with Crippen molar-refractivity contribution in [3.63, 3.8) is 0 Å². The van der Waals surface area contributed by atoms with Crippen LogP contribution in [0.15, 0.2) is 110 Å². The number of sulfonamides is 1. The number of Topliss-reactive ketones (excluding diaryl/α,β-unsaturated/α-hetero) is 1. The van der Waals surface area contributed by atoms with Gasteiger partial charge in [0.05, 0.1) is 28.1 Å². The maximum atomic E-state index is 13.3. The lowest BCUT2D eigenvalue weighted by atomic mass is 9.94. The van der Waals surface area contributed by atoms with Crippen molar-refractivity contribution in [1.82, 2.24) is 4.98 Å². The predicted octanol–water partition coefficient (Wildman–Crippen LogP) is 5.29. The summed E-state index contributed by atoms with van der Waals surface area (Å²) in [6, 6.07) is 22.4. The summed E-state index contributed by atoms with van der Waals surface area (Å²) in [4.78, 5) is 18.9. The Morgan fingerprint density at radius 2 is 1.62 bits per heavy atom. The molecule has 1 aliphatic rings. The molecule has 0 fully saturated rings. The highest BCUT2D eigenvalue weighted by Gasteiger charge is 2.27. The molecule has 0 unspecified atom stereocenters. The number of para-hydroxylation sites is 1.